The Bertz CT molecular complexity index is 927. The van der Waals surface area contributed by atoms with Gasteiger partial charge in [-0.2, -0.15) is 0 Å². The molecule has 2 unspecified atom stereocenters. The molecule has 0 aliphatic heterocycles. The highest BCUT2D eigenvalue weighted by atomic mass is 35.5. The normalized spacial score (nSPS) is 14.4. The predicted octanol–water partition coefficient (Wildman–Crippen LogP) is 5.40. The number of aliphatic hydroxyl groups is 2. The average Bonchev–Trinajstić information content (AvgIpc) is 2.74. The first-order valence-corrected chi connectivity index (χ1v) is 11.0. The minimum atomic E-state index is -0.757. The van der Waals surface area contributed by atoms with Crippen LogP contribution in [-0.4, -0.2) is 39.4 Å². The van der Waals surface area contributed by atoms with E-state index in [9.17, 15) is 15.3 Å². The zero-order chi connectivity index (χ0) is 22.4. The maximum Gasteiger partial charge on any atom is 0.115 e. The van der Waals surface area contributed by atoms with E-state index in [1.165, 1.54) is 0 Å². The summed E-state index contributed by atoms with van der Waals surface area (Å²) >= 11 is 12.2. The first-order chi connectivity index (χ1) is 14.8. The lowest BCUT2D eigenvalue weighted by molar-refractivity contribution is 0.0480. The molecule has 3 aromatic rings. The lowest BCUT2D eigenvalue weighted by Gasteiger charge is -2.33. The van der Waals surface area contributed by atoms with Crippen molar-refractivity contribution in [2.75, 3.05) is 13.1 Å². The van der Waals surface area contributed by atoms with Crippen molar-refractivity contribution in [2.45, 2.75) is 31.6 Å². The number of hydrogen-bond donors (Lipinski definition) is 3. The molecule has 164 valence electrons. The van der Waals surface area contributed by atoms with Gasteiger partial charge in [0.15, 0.2) is 0 Å². The molecule has 0 spiro atoms. The number of phenols is 1. The molecule has 4 nitrogen and oxygen atoms in total. The molecular formula is C25H27Cl2NO3. The molecule has 0 amide bonds. The molecule has 0 heterocycles. The van der Waals surface area contributed by atoms with Crippen molar-refractivity contribution in [3.8, 4) is 5.75 Å². The zero-order valence-electron chi connectivity index (χ0n) is 17.3. The van der Waals surface area contributed by atoms with Crippen molar-refractivity contribution >= 4 is 23.2 Å². The lowest BCUT2D eigenvalue weighted by Crippen LogP contribution is -2.40. The summed E-state index contributed by atoms with van der Waals surface area (Å²) in [5.41, 5.74) is 2.52. The predicted molar refractivity (Wildman–Crippen MR) is 126 cm³/mol. The Labute approximate surface area is 193 Å². The van der Waals surface area contributed by atoms with Gasteiger partial charge in [-0.1, -0.05) is 59.6 Å². The van der Waals surface area contributed by atoms with Crippen molar-refractivity contribution in [2.24, 2.45) is 0 Å². The summed E-state index contributed by atoms with van der Waals surface area (Å²) in [6, 6.07) is 21.4. The van der Waals surface area contributed by atoms with Gasteiger partial charge in [-0.3, -0.25) is 4.90 Å². The van der Waals surface area contributed by atoms with Crippen LogP contribution in [-0.2, 0) is 6.42 Å². The molecule has 0 radical (unpaired) electrons. The van der Waals surface area contributed by atoms with Gasteiger partial charge in [0.1, 0.15) is 5.75 Å². The van der Waals surface area contributed by atoms with E-state index in [1.54, 1.807) is 36.4 Å². The van der Waals surface area contributed by atoms with E-state index < -0.39 is 12.2 Å². The Balaban J connectivity index is 1.78. The molecule has 0 saturated heterocycles. The minimum Gasteiger partial charge on any atom is -0.508 e. The van der Waals surface area contributed by atoms with Crippen LogP contribution >= 0.6 is 23.2 Å². The lowest BCUT2D eigenvalue weighted by atomic mass is 10.0. The van der Waals surface area contributed by atoms with Crippen LogP contribution < -0.4 is 0 Å². The van der Waals surface area contributed by atoms with E-state index in [0.29, 0.717) is 29.6 Å². The molecule has 0 saturated carbocycles. The van der Waals surface area contributed by atoms with E-state index in [0.717, 1.165) is 16.7 Å². The van der Waals surface area contributed by atoms with Gasteiger partial charge < -0.3 is 15.3 Å². The van der Waals surface area contributed by atoms with Crippen molar-refractivity contribution in [1.29, 1.82) is 0 Å². The standard InChI is InChI=1S/C25H27Cl2NO3/c1-17(12-18-8-10-23(29)11-9-18)28(15-24(30)19-4-2-6-21(26)13-19)16-25(31)20-5-3-7-22(27)14-20/h2-11,13-14,17,24-25,29-31H,12,15-16H2,1H3/t17?,24-,25?/m1/s1. The Morgan fingerprint density at radius 1 is 0.774 bits per heavy atom. The fourth-order valence-corrected chi connectivity index (χ4v) is 4.02. The second-order valence-corrected chi connectivity index (χ2v) is 8.69. The number of rotatable bonds is 9. The quantitative estimate of drug-likeness (QED) is 0.400. The molecular weight excluding hydrogens is 433 g/mol. The van der Waals surface area contributed by atoms with E-state index in [-0.39, 0.29) is 11.8 Å². The minimum absolute atomic E-state index is 0.0206. The maximum atomic E-state index is 10.9. The van der Waals surface area contributed by atoms with Crippen molar-refractivity contribution in [3.63, 3.8) is 0 Å². The monoisotopic (exact) mass is 459 g/mol. The molecule has 0 aliphatic rings. The average molecular weight is 460 g/mol. The van der Waals surface area contributed by atoms with Crippen LogP contribution in [0, 0.1) is 0 Å². The summed E-state index contributed by atoms with van der Waals surface area (Å²) in [7, 11) is 0. The van der Waals surface area contributed by atoms with Gasteiger partial charge >= 0.3 is 0 Å². The van der Waals surface area contributed by atoms with Gasteiger partial charge in [0.2, 0.25) is 0 Å². The van der Waals surface area contributed by atoms with Gasteiger partial charge in [0.05, 0.1) is 12.2 Å². The molecule has 31 heavy (non-hydrogen) atoms. The third-order valence-corrected chi connectivity index (χ3v) is 5.84. The second kappa shape index (κ2) is 11.0. The third-order valence-electron chi connectivity index (χ3n) is 5.37. The number of halogens is 2. The number of nitrogens with zero attached hydrogens (tertiary/aromatic N) is 1. The van der Waals surface area contributed by atoms with Crippen LogP contribution in [0.4, 0.5) is 0 Å². The van der Waals surface area contributed by atoms with Crippen LogP contribution in [0.2, 0.25) is 10.0 Å². The number of aromatic hydroxyl groups is 1. The molecule has 3 atom stereocenters. The largest absolute Gasteiger partial charge is 0.508 e. The topological polar surface area (TPSA) is 63.9 Å². The molecule has 3 rings (SSSR count). The molecule has 0 aliphatic carbocycles. The first kappa shape index (κ1) is 23.6. The summed E-state index contributed by atoms with van der Waals surface area (Å²) in [5, 5.41) is 32.4. The van der Waals surface area contributed by atoms with Gasteiger partial charge in [0, 0.05) is 29.2 Å². The number of aliphatic hydroxyl groups excluding tert-OH is 2. The van der Waals surface area contributed by atoms with Crippen LogP contribution in [0.3, 0.4) is 0 Å². The Hall–Kier alpha value is -2.08. The van der Waals surface area contributed by atoms with Crippen LogP contribution in [0.25, 0.3) is 0 Å². The van der Waals surface area contributed by atoms with Gasteiger partial charge in [0.25, 0.3) is 0 Å². The zero-order valence-corrected chi connectivity index (χ0v) is 18.8. The Morgan fingerprint density at radius 2 is 1.26 bits per heavy atom. The number of phenolic OH excluding ortho intramolecular Hbond substituents is 1. The molecule has 3 N–H and O–H groups in total. The van der Waals surface area contributed by atoms with Gasteiger partial charge in [-0.15, -0.1) is 0 Å². The molecule has 6 heteroatoms. The summed E-state index contributed by atoms with van der Waals surface area (Å²) < 4.78 is 0. The van der Waals surface area contributed by atoms with Crippen LogP contribution in [0.5, 0.6) is 5.75 Å². The van der Waals surface area contributed by atoms with Gasteiger partial charge in [-0.05, 0) is 66.4 Å². The molecule has 3 aromatic carbocycles. The molecule has 0 bridgehead atoms. The van der Waals surface area contributed by atoms with Crippen molar-refractivity contribution in [3.05, 3.63) is 99.5 Å². The highest BCUT2D eigenvalue weighted by Crippen LogP contribution is 2.24. The number of benzene rings is 3. The van der Waals surface area contributed by atoms with E-state index in [2.05, 4.69) is 11.8 Å². The summed E-state index contributed by atoms with van der Waals surface area (Å²) in [4.78, 5) is 2.06. The fourth-order valence-electron chi connectivity index (χ4n) is 3.62. The van der Waals surface area contributed by atoms with E-state index in [4.69, 9.17) is 23.2 Å². The van der Waals surface area contributed by atoms with Gasteiger partial charge in [-0.25, -0.2) is 0 Å². The van der Waals surface area contributed by atoms with Crippen LogP contribution in [0.15, 0.2) is 72.8 Å². The summed E-state index contributed by atoms with van der Waals surface area (Å²) in [5.74, 6) is 0.223. The Kier molecular flexibility index (Phi) is 8.35. The summed E-state index contributed by atoms with van der Waals surface area (Å²) in [6.45, 7) is 2.72. The van der Waals surface area contributed by atoms with Crippen molar-refractivity contribution < 1.29 is 15.3 Å². The second-order valence-electron chi connectivity index (χ2n) is 7.82. The maximum absolute atomic E-state index is 10.9. The SMILES string of the molecule is CC(Cc1ccc(O)cc1)N(CC(O)c1cccc(Cl)c1)C[C@@H](O)c1cccc(Cl)c1. The van der Waals surface area contributed by atoms with E-state index in [1.807, 2.05) is 36.4 Å². The Morgan fingerprint density at radius 3 is 1.71 bits per heavy atom. The molecule has 0 aromatic heterocycles. The van der Waals surface area contributed by atoms with Crippen LogP contribution in [0.1, 0.15) is 35.8 Å². The third kappa shape index (κ3) is 6.96. The fraction of sp³-hybridized carbons (Fsp3) is 0.280. The van der Waals surface area contributed by atoms with Crippen molar-refractivity contribution in [1.82, 2.24) is 4.90 Å². The number of hydrogen-bond acceptors (Lipinski definition) is 4. The molecule has 0 fully saturated rings. The highest BCUT2D eigenvalue weighted by molar-refractivity contribution is 6.30. The first-order valence-electron chi connectivity index (χ1n) is 10.2. The van der Waals surface area contributed by atoms with E-state index >= 15 is 0 Å². The smallest absolute Gasteiger partial charge is 0.115 e. The highest BCUT2D eigenvalue weighted by Gasteiger charge is 2.23. The summed E-state index contributed by atoms with van der Waals surface area (Å²) in [6.07, 6.45) is -0.815.